The van der Waals surface area contributed by atoms with Gasteiger partial charge >= 0.3 is 0 Å². The Kier molecular flexibility index (Phi) is 10.2. The maximum Gasteiger partial charge on any atom is 0.250 e. The molecule has 0 saturated carbocycles. The zero-order valence-electron chi connectivity index (χ0n) is 25.2. The molecule has 226 valence electrons. The van der Waals surface area contributed by atoms with Crippen molar-refractivity contribution in [2.75, 3.05) is 38.7 Å². The Morgan fingerprint density at radius 2 is 1.77 bits per heavy atom. The number of methoxy groups -OCH3 is 1. The summed E-state index contributed by atoms with van der Waals surface area (Å²) in [6.07, 6.45) is 4.32. The van der Waals surface area contributed by atoms with Crippen LogP contribution in [0, 0.1) is 5.92 Å². The van der Waals surface area contributed by atoms with Crippen molar-refractivity contribution < 1.29 is 19.4 Å². The third-order valence-corrected chi connectivity index (χ3v) is 8.26. The smallest absolute Gasteiger partial charge is 0.250 e. The normalized spacial score (nSPS) is 15.9. The van der Waals surface area contributed by atoms with Crippen molar-refractivity contribution >= 4 is 28.5 Å². The molecule has 2 amide bonds. The number of ether oxygens (including phenoxy) is 1. The maximum atomic E-state index is 13.4. The van der Waals surface area contributed by atoms with E-state index in [2.05, 4.69) is 64.2 Å². The number of anilines is 1. The first kappa shape index (κ1) is 30.4. The van der Waals surface area contributed by atoms with Gasteiger partial charge in [0, 0.05) is 51.4 Å². The molecule has 1 aromatic heterocycles. The highest BCUT2D eigenvalue weighted by molar-refractivity contribution is 5.91. The summed E-state index contributed by atoms with van der Waals surface area (Å²) in [4.78, 5) is 31.9. The maximum absolute atomic E-state index is 13.4. The Morgan fingerprint density at radius 1 is 1.05 bits per heavy atom. The van der Waals surface area contributed by atoms with Crippen molar-refractivity contribution in [1.29, 1.82) is 0 Å². The number of aliphatic hydroxyl groups excluding tert-OH is 1. The molecule has 0 bridgehead atoms. The van der Waals surface area contributed by atoms with Gasteiger partial charge in [0.25, 0.3) is 0 Å². The number of benzene rings is 3. The van der Waals surface area contributed by atoms with Crippen molar-refractivity contribution in [3.8, 4) is 11.1 Å². The number of para-hydroxylation sites is 2. The van der Waals surface area contributed by atoms with Gasteiger partial charge in [-0.25, -0.2) is 4.98 Å². The van der Waals surface area contributed by atoms with Crippen molar-refractivity contribution in [3.05, 3.63) is 84.2 Å². The van der Waals surface area contributed by atoms with E-state index in [-0.39, 0.29) is 17.7 Å². The third kappa shape index (κ3) is 7.69. The number of fused-ring (bicyclic) bond motifs is 1. The minimum atomic E-state index is -0.536. The summed E-state index contributed by atoms with van der Waals surface area (Å²) >= 11 is 0. The molecule has 5 rings (SSSR count). The van der Waals surface area contributed by atoms with Gasteiger partial charge in [-0.3, -0.25) is 9.59 Å². The Labute approximate surface area is 253 Å². The van der Waals surface area contributed by atoms with Gasteiger partial charge in [0.1, 0.15) is 12.4 Å². The number of nitrogens with zero attached hydrogens (tertiary/aromatic N) is 3. The summed E-state index contributed by atoms with van der Waals surface area (Å²) in [5.74, 6) is 1.35. The van der Waals surface area contributed by atoms with E-state index in [1.807, 2.05) is 30.3 Å². The zero-order chi connectivity index (χ0) is 30.2. The van der Waals surface area contributed by atoms with Crippen LogP contribution in [-0.2, 0) is 27.3 Å². The highest BCUT2D eigenvalue weighted by atomic mass is 16.5. The average molecular weight is 583 g/mol. The molecule has 0 unspecified atom stereocenters. The minimum Gasteiger partial charge on any atom is -0.387 e. The summed E-state index contributed by atoms with van der Waals surface area (Å²) in [5, 5.41) is 11.5. The van der Waals surface area contributed by atoms with Gasteiger partial charge in [-0.15, -0.1) is 0 Å². The third-order valence-electron chi connectivity index (χ3n) is 8.26. The number of carbonyl (C=O) groups is 2. The first-order valence-corrected chi connectivity index (χ1v) is 15.3. The fraction of sp³-hybridized carbons (Fsp3) is 0.400. The van der Waals surface area contributed by atoms with E-state index < -0.39 is 12.5 Å². The number of aromatic nitrogens is 2. The number of amides is 2. The second-order valence-corrected chi connectivity index (χ2v) is 11.6. The molecular weight excluding hydrogens is 540 g/mol. The van der Waals surface area contributed by atoms with Gasteiger partial charge in [-0.2, -0.15) is 0 Å². The molecular formula is C35H42N4O4. The lowest BCUT2D eigenvalue weighted by molar-refractivity contribution is -0.133. The Hall–Kier alpha value is -4.01. The van der Waals surface area contributed by atoms with Crippen LogP contribution >= 0.6 is 0 Å². The van der Waals surface area contributed by atoms with E-state index in [0.717, 1.165) is 73.3 Å². The van der Waals surface area contributed by atoms with Crippen LogP contribution in [0.4, 0.5) is 5.69 Å². The van der Waals surface area contributed by atoms with Gasteiger partial charge in [0.05, 0.1) is 11.0 Å². The summed E-state index contributed by atoms with van der Waals surface area (Å²) in [5.41, 5.74) is 6.15. The van der Waals surface area contributed by atoms with E-state index >= 15 is 0 Å². The molecule has 1 aliphatic heterocycles. The van der Waals surface area contributed by atoms with Crippen LogP contribution < -0.4 is 5.32 Å². The van der Waals surface area contributed by atoms with Crippen LogP contribution in [0.25, 0.3) is 22.2 Å². The van der Waals surface area contributed by atoms with Crippen molar-refractivity contribution in [1.82, 2.24) is 14.5 Å². The lowest BCUT2D eigenvalue weighted by atomic mass is 9.93. The minimum absolute atomic E-state index is 0.226. The molecule has 4 aromatic rings. The molecule has 1 fully saturated rings. The highest BCUT2D eigenvalue weighted by Crippen LogP contribution is 2.31. The Morgan fingerprint density at radius 3 is 2.49 bits per heavy atom. The summed E-state index contributed by atoms with van der Waals surface area (Å²) < 4.78 is 7.64. The van der Waals surface area contributed by atoms with Crippen molar-refractivity contribution in [3.63, 3.8) is 0 Å². The number of likely N-dealkylation sites (tertiary alicyclic amines) is 1. The number of hydrogen-bond acceptors (Lipinski definition) is 5. The number of piperidine rings is 1. The van der Waals surface area contributed by atoms with Gasteiger partial charge in [-0.05, 0) is 72.6 Å². The second-order valence-electron chi connectivity index (χ2n) is 11.6. The van der Waals surface area contributed by atoms with E-state index in [0.29, 0.717) is 18.7 Å². The topological polar surface area (TPSA) is 96.7 Å². The van der Waals surface area contributed by atoms with Gasteiger partial charge in [-0.1, -0.05) is 55.5 Å². The molecule has 0 aliphatic carbocycles. The Balaban J connectivity index is 1.17. The monoisotopic (exact) mass is 582 g/mol. The summed E-state index contributed by atoms with van der Waals surface area (Å²) in [6.45, 7) is 4.71. The molecule has 2 N–H and O–H groups in total. The molecule has 8 heteroatoms. The SMILES string of the molecule is COCCCn1c([C@@H]2CCCN(C(=O)C[C@H](C)Cc3ccc(-c4ccc(NC(=O)CO)cc4)cc3)C2)nc2ccccc21. The van der Waals surface area contributed by atoms with E-state index in [1.165, 1.54) is 5.56 Å². The van der Waals surface area contributed by atoms with Crippen LogP contribution in [0.15, 0.2) is 72.8 Å². The fourth-order valence-electron chi connectivity index (χ4n) is 6.10. The van der Waals surface area contributed by atoms with Crippen LogP contribution in [0.5, 0.6) is 0 Å². The molecule has 2 heterocycles. The molecule has 0 spiro atoms. The molecule has 3 aromatic carbocycles. The number of carbonyl (C=O) groups excluding carboxylic acids is 2. The molecule has 43 heavy (non-hydrogen) atoms. The van der Waals surface area contributed by atoms with Gasteiger partial charge in [0.15, 0.2) is 0 Å². The predicted molar refractivity (Wildman–Crippen MR) is 170 cm³/mol. The van der Waals surface area contributed by atoms with Crippen molar-refractivity contribution in [2.24, 2.45) is 5.92 Å². The lowest BCUT2D eigenvalue weighted by Gasteiger charge is -2.33. The first-order valence-electron chi connectivity index (χ1n) is 15.3. The largest absolute Gasteiger partial charge is 0.387 e. The van der Waals surface area contributed by atoms with Gasteiger partial charge in [0.2, 0.25) is 11.8 Å². The van der Waals surface area contributed by atoms with Crippen LogP contribution in [-0.4, -0.2) is 64.8 Å². The van der Waals surface area contributed by atoms with Gasteiger partial charge < -0.3 is 24.6 Å². The van der Waals surface area contributed by atoms with Crippen LogP contribution in [0.1, 0.15) is 49.9 Å². The number of hydrogen-bond donors (Lipinski definition) is 2. The predicted octanol–water partition coefficient (Wildman–Crippen LogP) is 5.65. The summed E-state index contributed by atoms with van der Waals surface area (Å²) in [6, 6.07) is 24.3. The Bertz CT molecular complexity index is 1510. The molecule has 2 atom stereocenters. The molecule has 1 aliphatic rings. The number of aliphatic hydroxyl groups is 1. The highest BCUT2D eigenvalue weighted by Gasteiger charge is 2.29. The fourth-order valence-corrected chi connectivity index (χ4v) is 6.10. The number of nitrogens with one attached hydrogen (secondary N) is 1. The average Bonchev–Trinajstić information content (AvgIpc) is 3.40. The van der Waals surface area contributed by atoms with Crippen LogP contribution in [0.3, 0.4) is 0 Å². The second kappa shape index (κ2) is 14.4. The number of rotatable bonds is 12. The van der Waals surface area contributed by atoms with E-state index in [1.54, 1.807) is 7.11 Å². The molecule has 8 nitrogen and oxygen atoms in total. The molecule has 0 radical (unpaired) electrons. The van der Waals surface area contributed by atoms with E-state index in [9.17, 15) is 9.59 Å². The first-order chi connectivity index (χ1) is 20.9. The number of aryl methyl sites for hydroxylation is 1. The van der Waals surface area contributed by atoms with Crippen molar-refractivity contribution in [2.45, 2.75) is 51.5 Å². The standard InChI is InChI=1S/C35H42N4O4/c1-25(21-26-10-12-27(13-11-26)28-14-16-30(17-15-28)36-33(41)24-40)22-34(42)38-18-5-7-29(23-38)35-37-31-8-3-4-9-32(31)39(35)19-6-20-43-2/h3-4,8-17,25,29,40H,5-7,18-24H2,1-2H3,(H,36,41)/t25-,29-/m1/s1. The molecule has 1 saturated heterocycles. The lowest BCUT2D eigenvalue weighted by Crippen LogP contribution is -2.40. The van der Waals surface area contributed by atoms with E-state index in [4.69, 9.17) is 14.8 Å². The quantitative estimate of drug-likeness (QED) is 0.211. The van der Waals surface area contributed by atoms with Crippen LogP contribution in [0.2, 0.25) is 0 Å². The summed E-state index contributed by atoms with van der Waals surface area (Å²) in [7, 11) is 1.74. The zero-order valence-corrected chi connectivity index (χ0v) is 25.2. The number of imidazole rings is 1.